The minimum absolute atomic E-state index is 0.0787. The fraction of sp³-hybridized carbons (Fsp3) is 0.211. The predicted octanol–water partition coefficient (Wildman–Crippen LogP) is 4.46. The van der Waals surface area contributed by atoms with Crippen LogP contribution in [-0.2, 0) is 4.79 Å². The zero-order valence-corrected chi connectivity index (χ0v) is 13.9. The van der Waals surface area contributed by atoms with Crippen molar-refractivity contribution >= 4 is 12.0 Å². The number of carboxylic acid groups (broad SMARTS) is 1. The smallest absolute Gasteiger partial charge is 0.430 e. The van der Waals surface area contributed by atoms with Gasteiger partial charge in [-0.25, -0.2) is 4.79 Å². The number of hydrogen-bond acceptors (Lipinski definition) is 3. The van der Waals surface area contributed by atoms with E-state index in [-0.39, 0.29) is 11.3 Å². The van der Waals surface area contributed by atoms with Gasteiger partial charge < -0.3 is 14.6 Å². The second-order valence-electron chi connectivity index (χ2n) is 5.90. The number of benzene rings is 2. The first kappa shape index (κ1) is 17.8. The molecular formula is C19H15F3O4. The van der Waals surface area contributed by atoms with E-state index >= 15 is 0 Å². The highest BCUT2D eigenvalue weighted by Gasteiger charge is 2.48. The number of aliphatic carboxylic acids is 1. The van der Waals surface area contributed by atoms with Gasteiger partial charge in [-0.15, -0.1) is 0 Å². The first-order chi connectivity index (χ1) is 12.2. The first-order valence-electron chi connectivity index (χ1n) is 7.68. The largest absolute Gasteiger partial charge is 0.496 e. The van der Waals surface area contributed by atoms with Crippen LogP contribution in [0.4, 0.5) is 13.2 Å². The van der Waals surface area contributed by atoms with E-state index in [0.717, 1.165) is 17.2 Å². The lowest BCUT2D eigenvalue weighted by atomic mass is 9.96. The SMILES string of the molecule is COc1cc2c(cc1-c1ccc(C)cc1)C=C(C(=O)O)C(C(F)(F)F)O2. The summed E-state index contributed by atoms with van der Waals surface area (Å²) in [6, 6.07) is 10.4. The van der Waals surface area contributed by atoms with Gasteiger partial charge in [-0.2, -0.15) is 13.2 Å². The number of methoxy groups -OCH3 is 1. The van der Waals surface area contributed by atoms with Crippen molar-refractivity contribution in [3.8, 4) is 22.6 Å². The molecule has 26 heavy (non-hydrogen) atoms. The molecule has 3 rings (SSSR count). The lowest BCUT2D eigenvalue weighted by molar-refractivity contribution is -0.187. The number of ether oxygens (including phenoxy) is 2. The average Bonchev–Trinajstić information content (AvgIpc) is 2.59. The monoisotopic (exact) mass is 364 g/mol. The molecule has 0 aromatic heterocycles. The summed E-state index contributed by atoms with van der Waals surface area (Å²) in [4.78, 5) is 11.3. The number of aryl methyl sites for hydroxylation is 1. The summed E-state index contributed by atoms with van der Waals surface area (Å²) in [6.07, 6.45) is -6.37. The topological polar surface area (TPSA) is 55.8 Å². The first-order valence-corrected chi connectivity index (χ1v) is 7.68. The summed E-state index contributed by atoms with van der Waals surface area (Å²) in [6.45, 7) is 1.93. The van der Waals surface area contributed by atoms with Crippen molar-refractivity contribution in [2.75, 3.05) is 7.11 Å². The van der Waals surface area contributed by atoms with Gasteiger partial charge in [-0.1, -0.05) is 29.8 Å². The molecule has 0 radical (unpaired) electrons. The van der Waals surface area contributed by atoms with Crippen LogP contribution in [0.2, 0.25) is 0 Å². The number of rotatable bonds is 3. The Labute approximate surface area is 147 Å². The molecule has 2 aromatic rings. The van der Waals surface area contributed by atoms with E-state index in [2.05, 4.69) is 0 Å². The van der Waals surface area contributed by atoms with Gasteiger partial charge in [0.05, 0.1) is 12.7 Å². The average molecular weight is 364 g/mol. The van der Waals surface area contributed by atoms with Crippen molar-refractivity contribution in [3.05, 3.63) is 53.1 Å². The van der Waals surface area contributed by atoms with Crippen LogP contribution in [0.3, 0.4) is 0 Å². The van der Waals surface area contributed by atoms with Crippen LogP contribution in [-0.4, -0.2) is 30.5 Å². The summed E-state index contributed by atoms with van der Waals surface area (Å²) >= 11 is 0. The van der Waals surface area contributed by atoms with Crippen LogP contribution in [0, 0.1) is 6.92 Å². The highest BCUT2D eigenvalue weighted by atomic mass is 19.4. The van der Waals surface area contributed by atoms with E-state index in [9.17, 15) is 18.0 Å². The fourth-order valence-corrected chi connectivity index (χ4v) is 2.77. The molecule has 7 heteroatoms. The van der Waals surface area contributed by atoms with E-state index in [1.807, 2.05) is 31.2 Å². The quantitative estimate of drug-likeness (QED) is 0.874. The Bertz CT molecular complexity index is 883. The van der Waals surface area contributed by atoms with Gasteiger partial charge in [0.2, 0.25) is 6.10 Å². The molecule has 1 aliphatic rings. The third-order valence-electron chi connectivity index (χ3n) is 4.08. The van der Waals surface area contributed by atoms with Crippen molar-refractivity contribution in [3.63, 3.8) is 0 Å². The zero-order valence-electron chi connectivity index (χ0n) is 13.9. The van der Waals surface area contributed by atoms with Gasteiger partial charge in [0, 0.05) is 17.2 Å². The Balaban J connectivity index is 2.16. The summed E-state index contributed by atoms with van der Waals surface area (Å²) in [7, 11) is 1.40. The van der Waals surface area contributed by atoms with Crippen molar-refractivity contribution < 1.29 is 32.5 Å². The standard InChI is InChI=1S/C19H15F3O4/c1-10-3-5-11(6-4-10)13-7-12-8-14(18(23)24)17(19(20,21)22)26-15(12)9-16(13)25-2/h3-9,17H,1-2H3,(H,23,24). The summed E-state index contributed by atoms with van der Waals surface area (Å²) < 4.78 is 49.7. The summed E-state index contributed by atoms with van der Waals surface area (Å²) in [5.74, 6) is -1.42. The van der Waals surface area contributed by atoms with Crippen LogP contribution in [0.1, 0.15) is 11.1 Å². The molecule has 0 fully saturated rings. The van der Waals surface area contributed by atoms with Gasteiger partial charge in [0.25, 0.3) is 0 Å². The number of alkyl halides is 3. The van der Waals surface area contributed by atoms with Gasteiger partial charge >= 0.3 is 12.1 Å². The van der Waals surface area contributed by atoms with Crippen molar-refractivity contribution in [2.45, 2.75) is 19.2 Å². The summed E-state index contributed by atoms with van der Waals surface area (Å²) in [5.41, 5.74) is 1.86. The maximum atomic E-state index is 13.1. The van der Waals surface area contributed by atoms with E-state index in [0.29, 0.717) is 11.3 Å². The number of fused-ring (bicyclic) bond motifs is 1. The predicted molar refractivity (Wildman–Crippen MR) is 89.3 cm³/mol. The Morgan fingerprint density at radius 3 is 2.38 bits per heavy atom. The van der Waals surface area contributed by atoms with Crippen LogP contribution in [0.5, 0.6) is 11.5 Å². The third kappa shape index (κ3) is 3.24. The molecule has 4 nitrogen and oxygen atoms in total. The number of halogens is 3. The third-order valence-corrected chi connectivity index (χ3v) is 4.08. The molecule has 0 saturated carbocycles. The molecule has 0 aliphatic carbocycles. The Hall–Kier alpha value is -2.96. The lowest BCUT2D eigenvalue weighted by Crippen LogP contribution is -2.40. The summed E-state index contributed by atoms with van der Waals surface area (Å²) in [5, 5.41) is 9.14. The van der Waals surface area contributed by atoms with E-state index in [1.165, 1.54) is 13.2 Å². The maximum absolute atomic E-state index is 13.1. The lowest BCUT2D eigenvalue weighted by Gasteiger charge is -2.27. The van der Waals surface area contributed by atoms with Gasteiger partial charge in [-0.05, 0) is 24.6 Å². The van der Waals surface area contributed by atoms with E-state index in [1.54, 1.807) is 6.07 Å². The molecule has 1 N–H and O–H groups in total. The molecule has 1 aliphatic heterocycles. The molecular weight excluding hydrogens is 349 g/mol. The number of carbonyl (C=O) groups is 1. The molecule has 1 heterocycles. The van der Waals surface area contributed by atoms with Gasteiger partial charge in [0.15, 0.2) is 0 Å². The molecule has 0 spiro atoms. The van der Waals surface area contributed by atoms with Crippen molar-refractivity contribution in [2.24, 2.45) is 0 Å². The molecule has 0 amide bonds. The highest BCUT2D eigenvalue weighted by Crippen LogP contribution is 2.42. The Morgan fingerprint density at radius 1 is 1.19 bits per heavy atom. The van der Waals surface area contributed by atoms with E-state index in [4.69, 9.17) is 14.6 Å². The van der Waals surface area contributed by atoms with E-state index < -0.39 is 23.8 Å². The van der Waals surface area contributed by atoms with Gasteiger partial charge in [-0.3, -0.25) is 0 Å². The fourth-order valence-electron chi connectivity index (χ4n) is 2.77. The van der Waals surface area contributed by atoms with Crippen LogP contribution in [0.25, 0.3) is 17.2 Å². The molecule has 0 saturated heterocycles. The zero-order chi connectivity index (χ0) is 19.1. The number of hydrogen-bond donors (Lipinski definition) is 1. The molecule has 136 valence electrons. The van der Waals surface area contributed by atoms with Crippen LogP contribution < -0.4 is 9.47 Å². The van der Waals surface area contributed by atoms with Crippen molar-refractivity contribution in [1.82, 2.24) is 0 Å². The molecule has 0 bridgehead atoms. The normalized spacial score (nSPS) is 16.3. The Morgan fingerprint density at radius 2 is 1.85 bits per heavy atom. The molecule has 1 atom stereocenters. The highest BCUT2D eigenvalue weighted by molar-refractivity contribution is 5.95. The maximum Gasteiger partial charge on any atom is 0.430 e. The minimum atomic E-state index is -4.84. The second kappa shape index (κ2) is 6.40. The van der Waals surface area contributed by atoms with Gasteiger partial charge in [0.1, 0.15) is 11.5 Å². The molecule has 1 unspecified atom stereocenters. The van der Waals surface area contributed by atoms with Crippen molar-refractivity contribution in [1.29, 1.82) is 0 Å². The van der Waals surface area contributed by atoms with Crippen LogP contribution in [0.15, 0.2) is 42.0 Å². The van der Waals surface area contributed by atoms with Crippen LogP contribution >= 0.6 is 0 Å². The number of carboxylic acids is 1. The minimum Gasteiger partial charge on any atom is -0.496 e. The second-order valence-corrected chi connectivity index (χ2v) is 5.90. The Kier molecular flexibility index (Phi) is 4.39. The molecule has 2 aromatic carbocycles.